The van der Waals surface area contributed by atoms with E-state index in [0.717, 1.165) is 0 Å². The van der Waals surface area contributed by atoms with E-state index in [2.05, 4.69) is 45.0 Å². The predicted molar refractivity (Wildman–Crippen MR) is 63.1 cm³/mol. The molecule has 0 fully saturated rings. The van der Waals surface area contributed by atoms with Gasteiger partial charge in [0.2, 0.25) is 0 Å². The van der Waals surface area contributed by atoms with Crippen molar-refractivity contribution in [3.63, 3.8) is 0 Å². The highest BCUT2D eigenvalue weighted by atomic mass is 35.5. The van der Waals surface area contributed by atoms with Gasteiger partial charge in [0.05, 0.1) is 0 Å². The largest absolute Gasteiger partial charge is 0.326 e. The Morgan fingerprint density at radius 2 is 1.79 bits per heavy atom. The Balaban J connectivity index is 0.000000980. The maximum atomic E-state index is 6.21. The van der Waals surface area contributed by atoms with Crippen molar-refractivity contribution in [2.75, 3.05) is 0 Å². The number of rotatable bonds is 0. The van der Waals surface area contributed by atoms with Crippen LogP contribution in [0.3, 0.4) is 0 Å². The third-order valence-corrected chi connectivity index (χ3v) is 3.52. The van der Waals surface area contributed by atoms with Gasteiger partial charge in [-0.15, -0.1) is 12.4 Å². The van der Waals surface area contributed by atoms with Crippen molar-refractivity contribution in [2.45, 2.75) is 38.1 Å². The van der Waals surface area contributed by atoms with Gasteiger partial charge < -0.3 is 5.73 Å². The topological polar surface area (TPSA) is 26.0 Å². The van der Waals surface area contributed by atoms with Crippen LogP contribution in [-0.2, 0) is 5.41 Å². The zero-order chi connectivity index (χ0) is 9.64. The lowest BCUT2D eigenvalue weighted by Gasteiger charge is -2.26. The molecule has 0 heterocycles. The molecule has 2 rings (SSSR count). The van der Waals surface area contributed by atoms with E-state index >= 15 is 0 Å². The van der Waals surface area contributed by atoms with E-state index < -0.39 is 0 Å². The van der Waals surface area contributed by atoms with E-state index in [0.29, 0.717) is 5.92 Å². The Kier molecular flexibility index (Phi) is 2.93. The lowest BCUT2D eigenvalue weighted by molar-refractivity contribution is 0.410. The monoisotopic (exact) mass is 211 g/mol. The summed E-state index contributed by atoms with van der Waals surface area (Å²) in [5.41, 5.74) is 9.20. The van der Waals surface area contributed by atoms with E-state index in [4.69, 9.17) is 5.73 Å². The summed E-state index contributed by atoms with van der Waals surface area (Å²) in [7, 11) is 0. The fraction of sp³-hybridized carbons (Fsp3) is 0.500. The maximum Gasteiger partial charge on any atom is 0.0198 e. The molecule has 1 aliphatic carbocycles. The molecule has 2 heteroatoms. The predicted octanol–water partition coefficient (Wildman–Crippen LogP) is 2.83. The first-order valence-electron chi connectivity index (χ1n) is 4.90. The van der Waals surface area contributed by atoms with Crippen LogP contribution in [0.25, 0.3) is 0 Å². The molecule has 2 N–H and O–H groups in total. The van der Waals surface area contributed by atoms with Crippen LogP contribution in [0.2, 0.25) is 0 Å². The zero-order valence-corrected chi connectivity index (χ0v) is 9.77. The minimum absolute atomic E-state index is 0. The molecule has 0 radical (unpaired) electrons. The molecule has 1 aromatic carbocycles. The molecule has 1 aromatic rings. The third-order valence-electron chi connectivity index (χ3n) is 3.52. The molecule has 0 saturated carbocycles. The van der Waals surface area contributed by atoms with Crippen molar-refractivity contribution in [3.05, 3.63) is 35.4 Å². The van der Waals surface area contributed by atoms with Gasteiger partial charge >= 0.3 is 0 Å². The number of nitrogens with two attached hydrogens (primary N) is 1. The van der Waals surface area contributed by atoms with Crippen molar-refractivity contribution in [1.82, 2.24) is 0 Å². The van der Waals surface area contributed by atoms with Gasteiger partial charge in [0.1, 0.15) is 0 Å². The fourth-order valence-electron chi connectivity index (χ4n) is 2.48. The molecule has 1 aliphatic rings. The maximum absolute atomic E-state index is 6.21. The van der Waals surface area contributed by atoms with Gasteiger partial charge in [-0.05, 0) is 17.0 Å². The first kappa shape index (κ1) is 11.5. The second-order valence-electron chi connectivity index (χ2n) is 4.62. The van der Waals surface area contributed by atoms with Crippen LogP contribution in [0.1, 0.15) is 37.8 Å². The van der Waals surface area contributed by atoms with Crippen LogP contribution < -0.4 is 5.73 Å². The Bertz CT molecular complexity index is 333. The first-order valence-corrected chi connectivity index (χ1v) is 4.90. The highest BCUT2D eigenvalue weighted by molar-refractivity contribution is 5.85. The zero-order valence-electron chi connectivity index (χ0n) is 8.95. The summed E-state index contributed by atoms with van der Waals surface area (Å²) in [6.45, 7) is 6.69. The van der Waals surface area contributed by atoms with Crippen molar-refractivity contribution in [3.8, 4) is 0 Å². The van der Waals surface area contributed by atoms with Crippen LogP contribution in [0.4, 0.5) is 0 Å². The second-order valence-corrected chi connectivity index (χ2v) is 4.62. The normalized spacial score (nSPS) is 28.0. The Morgan fingerprint density at radius 1 is 1.21 bits per heavy atom. The highest BCUT2D eigenvalue weighted by Crippen LogP contribution is 2.44. The van der Waals surface area contributed by atoms with Gasteiger partial charge in [-0.3, -0.25) is 0 Å². The van der Waals surface area contributed by atoms with E-state index in [1.54, 1.807) is 0 Å². The summed E-state index contributed by atoms with van der Waals surface area (Å²) in [4.78, 5) is 0. The van der Waals surface area contributed by atoms with Gasteiger partial charge in [-0.1, -0.05) is 45.0 Å². The van der Waals surface area contributed by atoms with Crippen LogP contribution in [0, 0.1) is 0 Å². The molecule has 0 amide bonds. The molecule has 0 bridgehead atoms. The Hall–Kier alpha value is -0.530. The van der Waals surface area contributed by atoms with Crippen molar-refractivity contribution >= 4 is 12.4 Å². The van der Waals surface area contributed by atoms with Crippen LogP contribution in [0.5, 0.6) is 0 Å². The van der Waals surface area contributed by atoms with Gasteiger partial charge in [0, 0.05) is 11.5 Å². The van der Waals surface area contributed by atoms with Gasteiger partial charge in [-0.25, -0.2) is 0 Å². The van der Waals surface area contributed by atoms with Gasteiger partial charge in [0.25, 0.3) is 0 Å². The average molecular weight is 212 g/mol. The summed E-state index contributed by atoms with van der Waals surface area (Å²) in [5.74, 6) is 0.492. The third kappa shape index (κ3) is 1.35. The summed E-state index contributed by atoms with van der Waals surface area (Å²) in [6, 6.07) is 8.87. The molecular weight excluding hydrogens is 194 g/mol. The van der Waals surface area contributed by atoms with Crippen LogP contribution in [0.15, 0.2) is 24.3 Å². The molecule has 1 nitrogen and oxygen atoms in total. The molecule has 0 saturated heterocycles. The summed E-state index contributed by atoms with van der Waals surface area (Å²) < 4.78 is 0. The lowest BCUT2D eigenvalue weighted by Crippen LogP contribution is -2.38. The number of fused-ring (bicyclic) bond motifs is 1. The highest BCUT2D eigenvalue weighted by Gasteiger charge is 2.41. The Morgan fingerprint density at radius 3 is 2.36 bits per heavy atom. The minimum atomic E-state index is 0. The van der Waals surface area contributed by atoms with E-state index in [1.165, 1.54) is 11.1 Å². The average Bonchev–Trinajstić information content (AvgIpc) is 2.30. The molecule has 0 spiro atoms. The van der Waals surface area contributed by atoms with Crippen molar-refractivity contribution in [1.29, 1.82) is 0 Å². The molecule has 14 heavy (non-hydrogen) atoms. The van der Waals surface area contributed by atoms with Crippen LogP contribution >= 0.6 is 12.4 Å². The number of hydrogen-bond donors (Lipinski definition) is 1. The molecule has 78 valence electrons. The van der Waals surface area contributed by atoms with Gasteiger partial charge in [0.15, 0.2) is 0 Å². The van der Waals surface area contributed by atoms with Crippen LogP contribution in [-0.4, -0.2) is 6.04 Å². The first-order chi connectivity index (χ1) is 6.05. The quantitative estimate of drug-likeness (QED) is 0.702. The van der Waals surface area contributed by atoms with Crippen molar-refractivity contribution < 1.29 is 0 Å². The minimum Gasteiger partial charge on any atom is -0.326 e. The number of halogens is 1. The smallest absolute Gasteiger partial charge is 0.0198 e. The van der Waals surface area contributed by atoms with E-state index in [-0.39, 0.29) is 23.9 Å². The fourth-order valence-corrected chi connectivity index (χ4v) is 2.48. The number of benzene rings is 1. The second kappa shape index (κ2) is 3.56. The summed E-state index contributed by atoms with van der Waals surface area (Å²) in [5, 5.41) is 0. The lowest BCUT2D eigenvalue weighted by atomic mass is 9.82. The number of hydrogen-bond acceptors (Lipinski definition) is 1. The molecule has 2 atom stereocenters. The Labute approximate surface area is 92.1 Å². The summed E-state index contributed by atoms with van der Waals surface area (Å²) >= 11 is 0. The molecular formula is C12H18ClN. The standard InChI is InChI=1S/C12H17N.ClH/c1-8-9-6-4-5-7-10(9)12(2,3)11(8)13;/h4-8,11H,13H2,1-3H3;1H. The molecule has 0 aromatic heterocycles. The SMILES string of the molecule is CC1c2ccccc2C(C)(C)C1N.Cl. The van der Waals surface area contributed by atoms with E-state index in [1.807, 2.05) is 0 Å². The van der Waals surface area contributed by atoms with Crippen molar-refractivity contribution in [2.24, 2.45) is 5.73 Å². The molecule has 0 aliphatic heterocycles. The summed E-state index contributed by atoms with van der Waals surface area (Å²) in [6.07, 6.45) is 0. The molecule has 2 unspecified atom stereocenters. The van der Waals surface area contributed by atoms with E-state index in [9.17, 15) is 0 Å². The van der Waals surface area contributed by atoms with Gasteiger partial charge in [-0.2, -0.15) is 0 Å².